The maximum Gasteiger partial charge on any atom is 0.241 e. The lowest BCUT2D eigenvalue weighted by Crippen LogP contribution is -2.33. The van der Waals surface area contributed by atoms with Crippen molar-refractivity contribution in [1.29, 1.82) is 0 Å². The molecule has 7 nitrogen and oxygen atoms in total. The normalized spacial score (nSPS) is 13.3. The highest BCUT2D eigenvalue weighted by atomic mass is 32.2. The Hall–Kier alpha value is -2.72. The topological polar surface area (TPSA) is 93.7 Å². The third-order valence-electron chi connectivity index (χ3n) is 3.45. The van der Waals surface area contributed by atoms with Gasteiger partial charge in [0.1, 0.15) is 24.8 Å². The molecule has 2 aromatic carbocycles. The van der Waals surface area contributed by atoms with E-state index >= 15 is 0 Å². The number of carbonyl (C=O) groups excluding carboxylic acids is 1. The van der Waals surface area contributed by atoms with E-state index in [9.17, 15) is 22.0 Å². The lowest BCUT2D eigenvalue weighted by Gasteiger charge is -2.18. The van der Waals surface area contributed by atoms with E-state index in [0.29, 0.717) is 25.0 Å². The fourth-order valence-corrected chi connectivity index (χ4v) is 3.22. The van der Waals surface area contributed by atoms with Crippen LogP contribution in [0.15, 0.2) is 41.3 Å². The van der Waals surface area contributed by atoms with Gasteiger partial charge < -0.3 is 14.8 Å². The first kappa shape index (κ1) is 18.1. The van der Waals surface area contributed by atoms with Crippen LogP contribution in [0.5, 0.6) is 11.5 Å². The number of hydrogen-bond acceptors (Lipinski definition) is 5. The van der Waals surface area contributed by atoms with Crippen molar-refractivity contribution in [2.24, 2.45) is 0 Å². The summed E-state index contributed by atoms with van der Waals surface area (Å²) in [5, 5.41) is 2.16. The summed E-state index contributed by atoms with van der Waals surface area (Å²) in [5.41, 5.74) is -0.255. The number of hydrogen-bond donors (Lipinski definition) is 2. The molecule has 10 heteroatoms. The number of amides is 1. The molecule has 1 amide bonds. The summed E-state index contributed by atoms with van der Waals surface area (Å²) in [6, 6.07) is 6.67. The van der Waals surface area contributed by atoms with E-state index < -0.39 is 34.1 Å². The van der Waals surface area contributed by atoms with Crippen molar-refractivity contribution in [3.05, 3.63) is 48.0 Å². The Morgan fingerprint density at radius 2 is 1.77 bits per heavy atom. The Morgan fingerprint density at radius 1 is 1.04 bits per heavy atom. The third-order valence-corrected chi connectivity index (χ3v) is 4.85. The van der Waals surface area contributed by atoms with Crippen molar-refractivity contribution in [2.75, 3.05) is 25.1 Å². The molecule has 0 aliphatic carbocycles. The molecule has 26 heavy (non-hydrogen) atoms. The van der Waals surface area contributed by atoms with Gasteiger partial charge in [-0.15, -0.1) is 0 Å². The molecule has 0 aromatic heterocycles. The van der Waals surface area contributed by atoms with Gasteiger partial charge in [-0.1, -0.05) is 0 Å². The number of benzene rings is 2. The van der Waals surface area contributed by atoms with Crippen LogP contribution in [0.4, 0.5) is 14.5 Å². The highest BCUT2D eigenvalue weighted by Gasteiger charge is 2.20. The lowest BCUT2D eigenvalue weighted by atomic mass is 10.3. The van der Waals surface area contributed by atoms with Gasteiger partial charge in [0.25, 0.3) is 0 Å². The second kappa shape index (κ2) is 7.26. The summed E-state index contributed by atoms with van der Waals surface area (Å²) in [7, 11) is -4.00. The molecule has 0 saturated heterocycles. The smallest absolute Gasteiger partial charge is 0.241 e. The molecule has 1 heterocycles. The summed E-state index contributed by atoms with van der Waals surface area (Å²) in [6.07, 6.45) is 0. The molecule has 1 aliphatic rings. The number of rotatable bonds is 5. The van der Waals surface area contributed by atoms with Crippen LogP contribution in [0.25, 0.3) is 0 Å². The standard InChI is InChI=1S/C16H14F2N2O5S/c17-10-1-3-13(12(18)7-10)20-16(21)9-19-26(22,23)11-2-4-14-15(8-11)25-6-5-24-14/h1-4,7-8,19H,5-6,9H2,(H,20,21). The molecular formula is C16H14F2N2O5S. The molecule has 0 fully saturated rings. The average Bonchev–Trinajstić information content (AvgIpc) is 2.62. The van der Waals surface area contributed by atoms with E-state index in [4.69, 9.17) is 9.47 Å². The number of nitrogens with one attached hydrogen (secondary N) is 2. The first-order valence-corrected chi connectivity index (χ1v) is 8.98. The number of carbonyl (C=O) groups is 1. The van der Waals surface area contributed by atoms with E-state index in [2.05, 4.69) is 10.0 Å². The predicted molar refractivity (Wildman–Crippen MR) is 87.6 cm³/mol. The van der Waals surface area contributed by atoms with Crippen LogP contribution >= 0.6 is 0 Å². The average molecular weight is 384 g/mol. The van der Waals surface area contributed by atoms with Crippen LogP contribution in [0.2, 0.25) is 0 Å². The van der Waals surface area contributed by atoms with Gasteiger partial charge in [-0.3, -0.25) is 4.79 Å². The number of halogens is 2. The van der Waals surface area contributed by atoms with Crippen LogP contribution in [-0.2, 0) is 14.8 Å². The fourth-order valence-electron chi connectivity index (χ4n) is 2.22. The van der Waals surface area contributed by atoms with Gasteiger partial charge >= 0.3 is 0 Å². The van der Waals surface area contributed by atoms with E-state index in [1.54, 1.807) is 0 Å². The largest absolute Gasteiger partial charge is 0.486 e. The minimum absolute atomic E-state index is 0.109. The summed E-state index contributed by atoms with van der Waals surface area (Å²) in [6.45, 7) is 0.0423. The zero-order chi connectivity index (χ0) is 18.7. The number of sulfonamides is 1. The Bertz CT molecular complexity index is 950. The molecule has 0 radical (unpaired) electrons. The molecular weight excluding hydrogens is 370 g/mol. The van der Waals surface area contributed by atoms with E-state index in [1.165, 1.54) is 18.2 Å². The van der Waals surface area contributed by atoms with Gasteiger partial charge in [0.2, 0.25) is 15.9 Å². The Kier molecular flexibility index (Phi) is 5.05. The minimum Gasteiger partial charge on any atom is -0.486 e. The molecule has 2 aromatic rings. The van der Waals surface area contributed by atoms with Gasteiger partial charge in [0.05, 0.1) is 17.1 Å². The van der Waals surface area contributed by atoms with Crippen molar-refractivity contribution in [1.82, 2.24) is 4.72 Å². The number of fused-ring (bicyclic) bond motifs is 1. The SMILES string of the molecule is O=C(CNS(=O)(=O)c1ccc2c(c1)OCCO2)Nc1ccc(F)cc1F. The number of ether oxygens (including phenoxy) is 2. The van der Waals surface area contributed by atoms with E-state index in [-0.39, 0.29) is 16.3 Å². The molecule has 0 spiro atoms. The zero-order valence-corrected chi connectivity index (χ0v) is 14.1. The first-order valence-electron chi connectivity index (χ1n) is 7.49. The van der Waals surface area contributed by atoms with Crippen LogP contribution in [0, 0.1) is 11.6 Å². The van der Waals surface area contributed by atoms with Crippen molar-refractivity contribution in [3.8, 4) is 11.5 Å². The fraction of sp³-hybridized carbons (Fsp3) is 0.188. The Labute approximate surface area is 148 Å². The zero-order valence-electron chi connectivity index (χ0n) is 13.3. The van der Waals surface area contributed by atoms with Crippen LogP contribution < -0.4 is 19.5 Å². The minimum atomic E-state index is -4.00. The van der Waals surface area contributed by atoms with Gasteiger partial charge in [0.15, 0.2) is 11.5 Å². The molecule has 3 rings (SSSR count). The van der Waals surface area contributed by atoms with Crippen LogP contribution in [0.1, 0.15) is 0 Å². The molecule has 2 N–H and O–H groups in total. The number of anilines is 1. The first-order chi connectivity index (χ1) is 12.3. The van der Waals surface area contributed by atoms with E-state index in [0.717, 1.165) is 12.1 Å². The van der Waals surface area contributed by atoms with Crippen LogP contribution in [0.3, 0.4) is 0 Å². The summed E-state index contributed by atoms with van der Waals surface area (Å²) < 4.78 is 63.6. The molecule has 1 aliphatic heterocycles. The molecule has 138 valence electrons. The van der Waals surface area contributed by atoms with Crippen LogP contribution in [-0.4, -0.2) is 34.1 Å². The molecule has 0 bridgehead atoms. The summed E-state index contributed by atoms with van der Waals surface area (Å²) in [5.74, 6) is -1.85. The molecule has 0 saturated carbocycles. The third kappa shape index (κ3) is 4.09. The van der Waals surface area contributed by atoms with Gasteiger partial charge in [-0.05, 0) is 24.3 Å². The molecule has 0 unspecified atom stereocenters. The van der Waals surface area contributed by atoms with Crippen molar-refractivity contribution in [2.45, 2.75) is 4.90 Å². The van der Waals surface area contributed by atoms with Crippen molar-refractivity contribution < 1.29 is 31.5 Å². The second-order valence-corrected chi connectivity index (χ2v) is 7.07. The maximum absolute atomic E-state index is 13.5. The summed E-state index contributed by atoms with van der Waals surface area (Å²) in [4.78, 5) is 11.7. The van der Waals surface area contributed by atoms with Crippen molar-refractivity contribution in [3.63, 3.8) is 0 Å². The monoisotopic (exact) mass is 384 g/mol. The molecule has 0 atom stereocenters. The predicted octanol–water partition coefficient (Wildman–Crippen LogP) is 1.65. The quantitative estimate of drug-likeness (QED) is 0.818. The Morgan fingerprint density at radius 3 is 2.50 bits per heavy atom. The Balaban J connectivity index is 1.65. The lowest BCUT2D eigenvalue weighted by molar-refractivity contribution is -0.115. The van der Waals surface area contributed by atoms with Gasteiger partial charge in [0, 0.05) is 12.1 Å². The second-order valence-electron chi connectivity index (χ2n) is 5.30. The van der Waals surface area contributed by atoms with Gasteiger partial charge in [-0.25, -0.2) is 21.9 Å². The highest BCUT2D eigenvalue weighted by Crippen LogP contribution is 2.32. The van der Waals surface area contributed by atoms with Gasteiger partial charge in [-0.2, -0.15) is 0 Å². The van der Waals surface area contributed by atoms with Crippen molar-refractivity contribution >= 4 is 21.6 Å². The summed E-state index contributed by atoms with van der Waals surface area (Å²) >= 11 is 0. The highest BCUT2D eigenvalue weighted by molar-refractivity contribution is 7.89. The van der Waals surface area contributed by atoms with E-state index in [1.807, 2.05) is 0 Å². The maximum atomic E-state index is 13.5.